The van der Waals surface area contributed by atoms with Crippen molar-refractivity contribution in [3.05, 3.63) is 16.1 Å². The molecule has 0 fully saturated rings. The highest BCUT2D eigenvalue weighted by Crippen LogP contribution is 2.33. The van der Waals surface area contributed by atoms with Crippen molar-refractivity contribution in [2.45, 2.75) is 59.8 Å². The monoisotopic (exact) mass is 268 g/mol. The molecule has 0 radical (unpaired) electrons. The largest absolute Gasteiger partial charge is 0.316 e. The van der Waals surface area contributed by atoms with Gasteiger partial charge in [-0.2, -0.15) is 0 Å². The van der Waals surface area contributed by atoms with E-state index >= 15 is 0 Å². The first-order chi connectivity index (χ1) is 8.65. The van der Waals surface area contributed by atoms with Crippen molar-refractivity contribution < 1.29 is 0 Å². The molecule has 1 atom stereocenters. The lowest BCUT2D eigenvalue weighted by atomic mass is 9.77. The molecular weight excluding hydrogens is 240 g/mol. The van der Waals surface area contributed by atoms with Crippen LogP contribution in [-0.4, -0.2) is 18.1 Å². The normalized spacial score (nSPS) is 14.7. The first-order valence-corrected chi connectivity index (χ1v) is 8.15. The number of hydrogen-bond acceptors (Lipinski definition) is 3. The van der Waals surface area contributed by atoms with Crippen molar-refractivity contribution in [2.75, 3.05) is 13.1 Å². The summed E-state index contributed by atoms with van der Waals surface area (Å²) in [7, 11) is 0. The van der Waals surface area contributed by atoms with Crippen LogP contribution in [-0.2, 0) is 6.42 Å². The Morgan fingerprint density at radius 2 is 2.11 bits per heavy atom. The van der Waals surface area contributed by atoms with Gasteiger partial charge in [-0.15, -0.1) is 11.3 Å². The first kappa shape index (κ1) is 15.6. The predicted octanol–water partition coefficient (Wildman–Crippen LogP) is 4.19. The van der Waals surface area contributed by atoms with Gasteiger partial charge in [-0.05, 0) is 31.7 Å². The van der Waals surface area contributed by atoms with Crippen molar-refractivity contribution >= 4 is 11.3 Å². The Labute approximate surface area is 116 Å². The summed E-state index contributed by atoms with van der Waals surface area (Å²) in [5.41, 5.74) is 1.56. The average Bonchev–Trinajstić information content (AvgIpc) is 2.78. The number of hydrogen-bond donors (Lipinski definition) is 1. The molecule has 2 nitrogen and oxygen atoms in total. The fourth-order valence-electron chi connectivity index (χ4n) is 2.41. The summed E-state index contributed by atoms with van der Waals surface area (Å²) in [6, 6.07) is 0. The summed E-state index contributed by atoms with van der Waals surface area (Å²) in [4.78, 5) is 4.65. The third-order valence-corrected chi connectivity index (χ3v) is 4.72. The van der Waals surface area contributed by atoms with Gasteiger partial charge in [-0.1, -0.05) is 33.6 Å². The van der Waals surface area contributed by atoms with Crippen LogP contribution in [0.5, 0.6) is 0 Å². The maximum absolute atomic E-state index is 4.65. The maximum Gasteiger partial charge on any atom is 0.0934 e. The average molecular weight is 268 g/mol. The van der Waals surface area contributed by atoms with E-state index in [4.69, 9.17) is 0 Å². The zero-order chi connectivity index (χ0) is 13.4. The van der Waals surface area contributed by atoms with E-state index in [1.165, 1.54) is 36.4 Å². The Bertz CT molecular complexity index is 325. The van der Waals surface area contributed by atoms with Gasteiger partial charge in [0.05, 0.1) is 5.01 Å². The number of rotatable bonds is 9. The van der Waals surface area contributed by atoms with Gasteiger partial charge in [0, 0.05) is 24.0 Å². The Morgan fingerprint density at radius 1 is 1.33 bits per heavy atom. The van der Waals surface area contributed by atoms with Gasteiger partial charge in [0.25, 0.3) is 0 Å². The molecule has 0 aliphatic heterocycles. The molecule has 0 aromatic carbocycles. The Kier molecular flexibility index (Phi) is 6.87. The van der Waals surface area contributed by atoms with Crippen LogP contribution >= 0.6 is 11.3 Å². The number of nitrogens with zero attached hydrogens (tertiary/aromatic N) is 1. The summed E-state index contributed by atoms with van der Waals surface area (Å²) in [5, 5.41) is 7.03. The molecule has 0 saturated carbocycles. The van der Waals surface area contributed by atoms with Crippen LogP contribution in [0.2, 0.25) is 0 Å². The molecule has 104 valence electrons. The quantitative estimate of drug-likeness (QED) is 0.726. The fourth-order valence-corrected chi connectivity index (χ4v) is 3.36. The van der Waals surface area contributed by atoms with Gasteiger partial charge in [0.15, 0.2) is 0 Å². The van der Waals surface area contributed by atoms with Crippen molar-refractivity contribution in [3.8, 4) is 0 Å². The molecule has 1 unspecified atom stereocenters. The van der Waals surface area contributed by atoms with Crippen LogP contribution < -0.4 is 5.32 Å². The fraction of sp³-hybridized carbons (Fsp3) is 0.800. The van der Waals surface area contributed by atoms with E-state index in [2.05, 4.69) is 43.4 Å². The van der Waals surface area contributed by atoms with Crippen molar-refractivity contribution in [1.82, 2.24) is 10.3 Å². The molecule has 1 aromatic heterocycles. The Balaban J connectivity index is 2.73. The second-order valence-corrected chi connectivity index (χ2v) is 6.24. The van der Waals surface area contributed by atoms with Crippen molar-refractivity contribution in [3.63, 3.8) is 0 Å². The van der Waals surface area contributed by atoms with Crippen LogP contribution in [0.15, 0.2) is 5.38 Å². The zero-order valence-corrected chi connectivity index (χ0v) is 13.2. The number of unbranched alkanes of at least 4 members (excludes halogenated alkanes) is 1. The second-order valence-electron chi connectivity index (χ2n) is 5.30. The molecule has 0 spiro atoms. The van der Waals surface area contributed by atoms with Crippen LogP contribution in [0, 0.1) is 12.3 Å². The van der Waals surface area contributed by atoms with Gasteiger partial charge in [-0.3, -0.25) is 0 Å². The van der Waals surface area contributed by atoms with Gasteiger partial charge in [0.2, 0.25) is 0 Å². The molecule has 1 rings (SSSR count). The Morgan fingerprint density at radius 3 is 2.61 bits per heavy atom. The molecule has 18 heavy (non-hydrogen) atoms. The third kappa shape index (κ3) is 4.69. The molecular formula is C15H28N2S. The number of aromatic nitrogens is 1. The summed E-state index contributed by atoms with van der Waals surface area (Å²) < 4.78 is 0. The summed E-state index contributed by atoms with van der Waals surface area (Å²) >= 11 is 1.82. The molecule has 0 aliphatic rings. The number of nitrogens with one attached hydrogen (secondary N) is 1. The summed E-state index contributed by atoms with van der Waals surface area (Å²) in [6.07, 6.45) is 6.29. The Hall–Kier alpha value is -0.410. The van der Waals surface area contributed by atoms with E-state index < -0.39 is 0 Å². The minimum Gasteiger partial charge on any atom is -0.316 e. The number of thiazole rings is 1. The highest BCUT2D eigenvalue weighted by molar-refractivity contribution is 7.09. The lowest BCUT2D eigenvalue weighted by Crippen LogP contribution is -2.35. The van der Waals surface area contributed by atoms with E-state index in [0.29, 0.717) is 5.41 Å². The smallest absolute Gasteiger partial charge is 0.0934 e. The molecule has 0 saturated heterocycles. The lowest BCUT2D eigenvalue weighted by molar-refractivity contribution is 0.230. The van der Waals surface area contributed by atoms with Gasteiger partial charge < -0.3 is 5.32 Å². The molecule has 0 amide bonds. The summed E-state index contributed by atoms with van der Waals surface area (Å²) in [5.74, 6) is 0. The van der Waals surface area contributed by atoms with E-state index in [-0.39, 0.29) is 0 Å². The molecule has 3 heteroatoms. The SMILES string of the molecule is CCCCC(CC)(CNCC)Cc1nc(C)cs1. The molecule has 1 heterocycles. The molecule has 1 N–H and O–H groups in total. The molecule has 0 bridgehead atoms. The minimum atomic E-state index is 0.399. The standard InChI is InChI=1S/C15H28N2S/c1-5-8-9-15(6-2,12-16-7-3)10-14-17-13(4)11-18-14/h11,16H,5-10,12H2,1-4H3. The lowest BCUT2D eigenvalue weighted by Gasteiger charge is -2.32. The molecule has 0 aliphatic carbocycles. The third-order valence-electron chi connectivity index (χ3n) is 3.75. The van der Waals surface area contributed by atoms with E-state index in [1.54, 1.807) is 0 Å². The van der Waals surface area contributed by atoms with Gasteiger partial charge in [0.1, 0.15) is 0 Å². The predicted molar refractivity (Wildman–Crippen MR) is 81.3 cm³/mol. The minimum absolute atomic E-state index is 0.399. The maximum atomic E-state index is 4.65. The zero-order valence-electron chi connectivity index (χ0n) is 12.4. The van der Waals surface area contributed by atoms with Crippen molar-refractivity contribution in [1.29, 1.82) is 0 Å². The second kappa shape index (κ2) is 7.90. The van der Waals surface area contributed by atoms with Crippen LogP contribution in [0.4, 0.5) is 0 Å². The van der Waals surface area contributed by atoms with Crippen LogP contribution in [0.3, 0.4) is 0 Å². The topological polar surface area (TPSA) is 24.9 Å². The number of aryl methyl sites for hydroxylation is 1. The first-order valence-electron chi connectivity index (χ1n) is 7.27. The van der Waals surface area contributed by atoms with Crippen LogP contribution in [0.1, 0.15) is 57.2 Å². The highest BCUT2D eigenvalue weighted by atomic mass is 32.1. The van der Waals surface area contributed by atoms with Crippen molar-refractivity contribution in [2.24, 2.45) is 5.41 Å². The van der Waals surface area contributed by atoms with Gasteiger partial charge >= 0.3 is 0 Å². The summed E-state index contributed by atoms with van der Waals surface area (Å²) in [6.45, 7) is 11.1. The van der Waals surface area contributed by atoms with E-state index in [1.807, 2.05) is 11.3 Å². The molecule has 1 aromatic rings. The van der Waals surface area contributed by atoms with E-state index in [9.17, 15) is 0 Å². The van der Waals surface area contributed by atoms with E-state index in [0.717, 1.165) is 19.5 Å². The highest BCUT2D eigenvalue weighted by Gasteiger charge is 2.28. The van der Waals surface area contributed by atoms with Gasteiger partial charge in [-0.25, -0.2) is 4.98 Å². The van der Waals surface area contributed by atoms with Crippen LogP contribution in [0.25, 0.3) is 0 Å².